The molecular formula is C8H14INO. The first-order valence-electron chi connectivity index (χ1n) is 4.05. The molecule has 11 heavy (non-hydrogen) atoms. The summed E-state index contributed by atoms with van der Waals surface area (Å²) in [7, 11) is 0. The number of hydrogen-bond acceptors (Lipinski definition) is 1. The van der Waals surface area contributed by atoms with Gasteiger partial charge in [-0.05, 0) is 19.3 Å². The number of carbonyl (C=O) groups is 1. The maximum atomic E-state index is 11.4. The normalized spacial score (nSPS) is 28.8. The van der Waals surface area contributed by atoms with Gasteiger partial charge in [-0.25, -0.2) is 0 Å². The van der Waals surface area contributed by atoms with Crippen LogP contribution < -0.4 is 0 Å². The minimum Gasteiger partial charge on any atom is -0.331 e. The van der Waals surface area contributed by atoms with Crippen molar-refractivity contribution in [3.8, 4) is 0 Å². The lowest BCUT2D eigenvalue weighted by Crippen LogP contribution is -2.41. The lowest BCUT2D eigenvalue weighted by atomic mass is 9.99. The highest BCUT2D eigenvalue weighted by molar-refractivity contribution is 14.1. The van der Waals surface area contributed by atoms with E-state index in [4.69, 9.17) is 0 Å². The van der Waals surface area contributed by atoms with Crippen molar-refractivity contribution >= 4 is 28.5 Å². The number of likely N-dealkylation sites (tertiary alicyclic amines) is 1. The van der Waals surface area contributed by atoms with Crippen LogP contribution in [0.25, 0.3) is 0 Å². The molecule has 0 saturated carbocycles. The Bertz CT molecular complexity index is 158. The average Bonchev–Trinajstić information content (AvgIpc) is 1.85. The van der Waals surface area contributed by atoms with Gasteiger partial charge in [0.15, 0.2) is 0 Å². The van der Waals surface area contributed by atoms with Crippen molar-refractivity contribution in [1.82, 2.24) is 4.90 Å². The summed E-state index contributed by atoms with van der Waals surface area (Å²) in [4.78, 5) is 13.3. The SMILES string of the molecule is CC1CCN(C(C)I)C(=O)C1. The third kappa shape index (κ3) is 2.32. The van der Waals surface area contributed by atoms with Gasteiger partial charge in [-0.3, -0.25) is 4.79 Å². The first-order chi connectivity index (χ1) is 5.11. The molecular weight excluding hydrogens is 253 g/mol. The molecule has 0 N–H and O–H groups in total. The smallest absolute Gasteiger partial charge is 0.223 e. The lowest BCUT2D eigenvalue weighted by molar-refractivity contribution is -0.134. The first kappa shape index (κ1) is 9.29. The van der Waals surface area contributed by atoms with Crippen LogP contribution in [-0.4, -0.2) is 21.4 Å². The number of hydrogen-bond donors (Lipinski definition) is 0. The van der Waals surface area contributed by atoms with Gasteiger partial charge in [0.2, 0.25) is 5.91 Å². The predicted molar refractivity (Wildman–Crippen MR) is 53.6 cm³/mol. The molecule has 1 rings (SSSR count). The van der Waals surface area contributed by atoms with Crippen LogP contribution in [0.3, 0.4) is 0 Å². The van der Waals surface area contributed by atoms with Gasteiger partial charge in [0.25, 0.3) is 0 Å². The second kappa shape index (κ2) is 3.74. The average molecular weight is 267 g/mol. The molecule has 0 aromatic carbocycles. The molecule has 2 nitrogen and oxygen atoms in total. The topological polar surface area (TPSA) is 20.3 Å². The highest BCUT2D eigenvalue weighted by atomic mass is 127. The Morgan fingerprint density at radius 1 is 1.73 bits per heavy atom. The summed E-state index contributed by atoms with van der Waals surface area (Å²) in [6.45, 7) is 5.16. The monoisotopic (exact) mass is 267 g/mol. The second-order valence-electron chi connectivity index (χ2n) is 3.26. The van der Waals surface area contributed by atoms with Crippen LogP contribution in [0.5, 0.6) is 0 Å². The summed E-state index contributed by atoms with van der Waals surface area (Å²) in [5.74, 6) is 0.916. The number of carbonyl (C=O) groups excluding carboxylic acids is 1. The first-order valence-corrected chi connectivity index (χ1v) is 5.29. The fraction of sp³-hybridized carbons (Fsp3) is 0.875. The maximum Gasteiger partial charge on any atom is 0.223 e. The zero-order chi connectivity index (χ0) is 8.43. The largest absolute Gasteiger partial charge is 0.331 e. The molecule has 1 saturated heterocycles. The van der Waals surface area contributed by atoms with E-state index < -0.39 is 0 Å². The van der Waals surface area contributed by atoms with Crippen molar-refractivity contribution in [2.75, 3.05) is 6.54 Å². The number of alkyl halides is 1. The minimum absolute atomic E-state index is 0.325. The maximum absolute atomic E-state index is 11.4. The Labute approximate surface area is 81.5 Å². The van der Waals surface area contributed by atoms with Crippen LogP contribution in [0.2, 0.25) is 0 Å². The van der Waals surface area contributed by atoms with Crippen LogP contribution in [0.1, 0.15) is 26.7 Å². The minimum atomic E-state index is 0.325. The molecule has 2 atom stereocenters. The number of piperidine rings is 1. The van der Waals surface area contributed by atoms with E-state index in [1.807, 2.05) is 4.90 Å². The van der Waals surface area contributed by atoms with E-state index in [-0.39, 0.29) is 0 Å². The van der Waals surface area contributed by atoms with E-state index in [1.165, 1.54) is 6.42 Å². The number of halogens is 1. The summed E-state index contributed by atoms with van der Waals surface area (Å²) in [5, 5.41) is 0. The predicted octanol–water partition coefficient (Wildman–Crippen LogP) is 2.03. The molecule has 0 bridgehead atoms. The van der Waals surface area contributed by atoms with E-state index in [1.54, 1.807) is 0 Å². The van der Waals surface area contributed by atoms with E-state index in [0.29, 0.717) is 15.9 Å². The second-order valence-corrected chi connectivity index (χ2v) is 5.06. The number of nitrogens with zero attached hydrogens (tertiary/aromatic N) is 1. The number of rotatable bonds is 1. The Balaban J connectivity index is 2.51. The van der Waals surface area contributed by atoms with Crippen molar-refractivity contribution in [3.63, 3.8) is 0 Å². The summed E-state index contributed by atoms with van der Waals surface area (Å²) in [5.41, 5.74) is 0. The molecule has 1 fully saturated rings. The molecule has 0 aromatic rings. The van der Waals surface area contributed by atoms with Crippen molar-refractivity contribution in [2.45, 2.75) is 30.7 Å². The van der Waals surface area contributed by atoms with Crippen LogP contribution in [0.4, 0.5) is 0 Å². The standard InChI is InChI=1S/C8H14INO/c1-6-3-4-10(7(2)9)8(11)5-6/h6-7H,3-5H2,1-2H3. The molecule has 2 unspecified atom stereocenters. The van der Waals surface area contributed by atoms with Crippen LogP contribution in [0.15, 0.2) is 0 Å². The molecule has 0 radical (unpaired) electrons. The fourth-order valence-electron chi connectivity index (χ4n) is 1.38. The molecule has 0 aromatic heterocycles. The van der Waals surface area contributed by atoms with Gasteiger partial charge in [-0.15, -0.1) is 0 Å². The quantitative estimate of drug-likeness (QED) is 0.404. The number of amides is 1. The van der Waals surface area contributed by atoms with Gasteiger partial charge in [0, 0.05) is 13.0 Å². The van der Waals surface area contributed by atoms with Crippen molar-refractivity contribution in [1.29, 1.82) is 0 Å². The van der Waals surface area contributed by atoms with Crippen LogP contribution in [-0.2, 0) is 4.79 Å². The summed E-state index contributed by atoms with van der Waals surface area (Å²) in [6, 6.07) is 0. The highest BCUT2D eigenvalue weighted by Crippen LogP contribution is 2.21. The third-order valence-electron chi connectivity index (χ3n) is 2.14. The van der Waals surface area contributed by atoms with Crippen molar-refractivity contribution in [3.05, 3.63) is 0 Å². The molecule has 3 heteroatoms. The Morgan fingerprint density at radius 2 is 2.36 bits per heavy atom. The van der Waals surface area contributed by atoms with Crippen LogP contribution in [0, 0.1) is 5.92 Å². The van der Waals surface area contributed by atoms with Crippen molar-refractivity contribution < 1.29 is 4.79 Å². The molecule has 0 spiro atoms. The van der Waals surface area contributed by atoms with Gasteiger partial charge in [0.05, 0.1) is 4.05 Å². The molecule has 1 amide bonds. The van der Waals surface area contributed by atoms with Gasteiger partial charge in [-0.1, -0.05) is 29.5 Å². The van der Waals surface area contributed by atoms with Gasteiger partial charge >= 0.3 is 0 Å². The summed E-state index contributed by atoms with van der Waals surface area (Å²) >= 11 is 2.29. The van der Waals surface area contributed by atoms with Gasteiger partial charge in [0.1, 0.15) is 0 Å². The van der Waals surface area contributed by atoms with Gasteiger partial charge < -0.3 is 4.90 Å². The van der Waals surface area contributed by atoms with E-state index in [0.717, 1.165) is 13.0 Å². The Kier molecular flexibility index (Phi) is 3.16. The lowest BCUT2D eigenvalue weighted by Gasteiger charge is -2.32. The third-order valence-corrected chi connectivity index (χ3v) is 2.81. The van der Waals surface area contributed by atoms with Crippen LogP contribution >= 0.6 is 22.6 Å². The van der Waals surface area contributed by atoms with Crippen molar-refractivity contribution in [2.24, 2.45) is 5.92 Å². The van der Waals surface area contributed by atoms with Gasteiger partial charge in [-0.2, -0.15) is 0 Å². The summed E-state index contributed by atoms with van der Waals surface area (Å²) < 4.78 is 0.354. The Morgan fingerprint density at radius 3 is 2.82 bits per heavy atom. The molecule has 64 valence electrons. The van der Waals surface area contributed by atoms with E-state index in [9.17, 15) is 4.79 Å². The van der Waals surface area contributed by atoms with E-state index >= 15 is 0 Å². The molecule has 1 heterocycles. The highest BCUT2D eigenvalue weighted by Gasteiger charge is 2.24. The molecule has 1 aliphatic rings. The summed E-state index contributed by atoms with van der Waals surface area (Å²) in [6.07, 6.45) is 1.91. The Hall–Kier alpha value is 0.200. The molecule has 0 aliphatic carbocycles. The zero-order valence-corrected chi connectivity index (χ0v) is 9.17. The zero-order valence-electron chi connectivity index (χ0n) is 7.01. The molecule has 1 aliphatic heterocycles. The van der Waals surface area contributed by atoms with E-state index in [2.05, 4.69) is 36.4 Å². The fourth-order valence-corrected chi connectivity index (χ4v) is 1.97.